The molecule has 1 unspecified atom stereocenters. The third-order valence-electron chi connectivity index (χ3n) is 3.71. The van der Waals surface area contributed by atoms with E-state index in [1.807, 2.05) is 0 Å². The Hall–Kier alpha value is -1.33. The number of hydrogen-bond donors (Lipinski definition) is 0. The van der Waals surface area contributed by atoms with Crippen molar-refractivity contribution in [1.29, 1.82) is 0 Å². The van der Waals surface area contributed by atoms with E-state index in [-0.39, 0.29) is 5.78 Å². The molecule has 0 N–H and O–H groups in total. The van der Waals surface area contributed by atoms with Crippen molar-refractivity contribution in [2.24, 2.45) is 0 Å². The van der Waals surface area contributed by atoms with Gasteiger partial charge in [0.05, 0.1) is 6.20 Å². The Labute approximate surface area is 119 Å². The van der Waals surface area contributed by atoms with Gasteiger partial charge in [0, 0.05) is 25.6 Å². The van der Waals surface area contributed by atoms with Gasteiger partial charge in [0.15, 0.2) is 5.78 Å². The fourth-order valence-corrected chi connectivity index (χ4v) is 2.73. The summed E-state index contributed by atoms with van der Waals surface area (Å²) in [6.07, 6.45) is 3.93. The zero-order valence-corrected chi connectivity index (χ0v) is 12.2. The van der Waals surface area contributed by atoms with Crippen molar-refractivity contribution in [2.75, 3.05) is 33.7 Å². The van der Waals surface area contributed by atoms with Crippen LogP contribution < -0.4 is 0 Å². The van der Waals surface area contributed by atoms with Gasteiger partial charge in [0.25, 0.3) is 0 Å². The minimum absolute atomic E-state index is 0.0134. The molecule has 110 valence electrons. The van der Waals surface area contributed by atoms with Crippen molar-refractivity contribution in [2.45, 2.75) is 25.3 Å². The maximum absolute atomic E-state index is 12.8. The number of hydrogen-bond acceptors (Lipinski definition) is 4. The molecule has 1 aromatic rings. The number of pyridine rings is 1. The minimum Gasteiger partial charge on any atom is -0.308 e. The van der Waals surface area contributed by atoms with Gasteiger partial charge in [-0.2, -0.15) is 0 Å². The average Bonchev–Trinajstić information content (AvgIpc) is 2.83. The lowest BCUT2D eigenvalue weighted by molar-refractivity contribution is 0.0952. The van der Waals surface area contributed by atoms with Crippen LogP contribution in [0.25, 0.3) is 0 Å². The summed E-state index contributed by atoms with van der Waals surface area (Å²) in [6.45, 7) is 2.85. The quantitative estimate of drug-likeness (QED) is 0.744. The third-order valence-corrected chi connectivity index (χ3v) is 3.71. The number of halogens is 1. The predicted octanol–water partition coefficient (Wildman–Crippen LogP) is 1.82. The molecule has 20 heavy (non-hydrogen) atoms. The van der Waals surface area contributed by atoms with Crippen LogP contribution in [0.4, 0.5) is 4.39 Å². The fraction of sp³-hybridized carbons (Fsp3) is 0.600. The molecule has 0 saturated carbocycles. The highest BCUT2D eigenvalue weighted by Crippen LogP contribution is 2.18. The molecule has 1 fully saturated rings. The summed E-state index contributed by atoms with van der Waals surface area (Å²) in [5.41, 5.74) is 0.356. The molecule has 1 aromatic heterocycles. The lowest BCUT2D eigenvalue weighted by Crippen LogP contribution is -2.38. The topological polar surface area (TPSA) is 36.4 Å². The smallest absolute Gasteiger partial charge is 0.182 e. The molecule has 1 aliphatic rings. The van der Waals surface area contributed by atoms with Crippen LogP contribution in [-0.2, 0) is 0 Å². The molecule has 4 nitrogen and oxygen atoms in total. The molecule has 2 heterocycles. The van der Waals surface area contributed by atoms with Crippen molar-refractivity contribution in [3.63, 3.8) is 0 Å². The molecule has 0 aromatic carbocycles. The van der Waals surface area contributed by atoms with E-state index in [2.05, 4.69) is 28.9 Å². The highest BCUT2D eigenvalue weighted by Gasteiger charge is 2.25. The molecular formula is C15H22FN3O. The summed E-state index contributed by atoms with van der Waals surface area (Å²) in [4.78, 5) is 20.4. The van der Waals surface area contributed by atoms with Gasteiger partial charge in [-0.25, -0.2) is 4.39 Å². The van der Waals surface area contributed by atoms with Gasteiger partial charge in [-0.3, -0.25) is 14.7 Å². The van der Waals surface area contributed by atoms with E-state index in [1.54, 1.807) is 0 Å². The first kappa shape index (κ1) is 15.1. The molecule has 0 spiro atoms. The second-order valence-electron chi connectivity index (χ2n) is 5.63. The Balaban J connectivity index is 1.85. The third kappa shape index (κ3) is 4.08. The summed E-state index contributed by atoms with van der Waals surface area (Å²) >= 11 is 0. The first-order valence-electron chi connectivity index (χ1n) is 7.10. The van der Waals surface area contributed by atoms with E-state index in [0.29, 0.717) is 18.2 Å². The maximum Gasteiger partial charge on any atom is 0.182 e. The number of Topliss-reactive ketones (excluding diaryl/α,β-unsaturated/α-hetero) is 1. The number of ketones is 1. The van der Waals surface area contributed by atoms with Gasteiger partial charge < -0.3 is 4.90 Å². The van der Waals surface area contributed by atoms with Crippen molar-refractivity contribution >= 4 is 5.78 Å². The van der Waals surface area contributed by atoms with Crippen molar-refractivity contribution in [1.82, 2.24) is 14.8 Å². The van der Waals surface area contributed by atoms with Gasteiger partial charge in [0.2, 0.25) is 0 Å². The van der Waals surface area contributed by atoms with Crippen LogP contribution in [0.1, 0.15) is 29.8 Å². The molecule has 0 aliphatic carbocycles. The second-order valence-corrected chi connectivity index (χ2v) is 5.63. The minimum atomic E-state index is -0.410. The predicted molar refractivity (Wildman–Crippen MR) is 76.3 cm³/mol. The zero-order chi connectivity index (χ0) is 14.5. The summed E-state index contributed by atoms with van der Waals surface area (Å²) in [6, 6.07) is 3.28. The van der Waals surface area contributed by atoms with Crippen LogP contribution in [0.3, 0.4) is 0 Å². The van der Waals surface area contributed by atoms with E-state index in [9.17, 15) is 9.18 Å². The Kier molecular flexibility index (Phi) is 5.20. The fourth-order valence-electron chi connectivity index (χ4n) is 2.73. The molecule has 0 amide bonds. The standard InChI is InChI=1S/C15H22FN3O/c1-18(2)11-13-4-3-8-19(13)9-7-15(20)14-6-5-12(16)10-17-14/h5-6,10,13H,3-4,7-9,11H2,1-2H3. The first-order chi connectivity index (χ1) is 9.56. The molecule has 2 rings (SSSR count). The number of nitrogens with zero attached hydrogens (tertiary/aromatic N) is 3. The van der Waals surface area contributed by atoms with Crippen molar-refractivity contribution in [3.8, 4) is 0 Å². The normalized spacial score (nSPS) is 19.7. The molecule has 1 atom stereocenters. The number of likely N-dealkylation sites (N-methyl/N-ethyl adjacent to an activating group) is 1. The molecule has 1 saturated heterocycles. The van der Waals surface area contributed by atoms with E-state index >= 15 is 0 Å². The Morgan fingerprint density at radius 3 is 2.95 bits per heavy atom. The van der Waals surface area contributed by atoms with Gasteiger partial charge in [-0.15, -0.1) is 0 Å². The molecule has 0 radical (unpaired) electrons. The number of likely N-dealkylation sites (tertiary alicyclic amines) is 1. The molecule has 1 aliphatic heterocycles. The van der Waals surface area contributed by atoms with Crippen LogP contribution >= 0.6 is 0 Å². The van der Waals surface area contributed by atoms with E-state index < -0.39 is 5.82 Å². The average molecular weight is 279 g/mol. The van der Waals surface area contributed by atoms with Gasteiger partial charge >= 0.3 is 0 Å². The number of aromatic nitrogens is 1. The van der Waals surface area contributed by atoms with Crippen LogP contribution in [0.2, 0.25) is 0 Å². The lowest BCUT2D eigenvalue weighted by atomic mass is 10.1. The van der Waals surface area contributed by atoms with E-state index in [1.165, 1.54) is 25.0 Å². The zero-order valence-electron chi connectivity index (χ0n) is 12.2. The largest absolute Gasteiger partial charge is 0.308 e. The van der Waals surface area contributed by atoms with Crippen LogP contribution in [0, 0.1) is 5.82 Å². The SMILES string of the molecule is CN(C)CC1CCCN1CCC(=O)c1ccc(F)cn1. The monoisotopic (exact) mass is 279 g/mol. The van der Waals surface area contributed by atoms with Crippen LogP contribution in [-0.4, -0.2) is 60.3 Å². The number of carbonyl (C=O) groups excluding carboxylic acids is 1. The first-order valence-corrected chi connectivity index (χ1v) is 7.10. The summed E-state index contributed by atoms with van der Waals surface area (Å²) < 4.78 is 12.8. The Morgan fingerprint density at radius 1 is 1.50 bits per heavy atom. The van der Waals surface area contributed by atoms with Crippen LogP contribution in [0.15, 0.2) is 18.3 Å². The Bertz CT molecular complexity index is 447. The summed E-state index contributed by atoms with van der Waals surface area (Å²) in [7, 11) is 4.15. The lowest BCUT2D eigenvalue weighted by Gasteiger charge is -2.26. The number of rotatable bonds is 6. The van der Waals surface area contributed by atoms with E-state index in [4.69, 9.17) is 0 Å². The summed E-state index contributed by atoms with van der Waals surface area (Å²) in [5, 5.41) is 0. The molecular weight excluding hydrogens is 257 g/mol. The molecule has 5 heteroatoms. The Morgan fingerprint density at radius 2 is 2.30 bits per heavy atom. The second kappa shape index (κ2) is 6.90. The van der Waals surface area contributed by atoms with Crippen molar-refractivity contribution in [3.05, 3.63) is 29.8 Å². The number of carbonyl (C=O) groups is 1. The van der Waals surface area contributed by atoms with Gasteiger partial charge in [0.1, 0.15) is 11.5 Å². The van der Waals surface area contributed by atoms with Crippen LogP contribution in [0.5, 0.6) is 0 Å². The molecule has 0 bridgehead atoms. The van der Waals surface area contributed by atoms with Crippen molar-refractivity contribution < 1.29 is 9.18 Å². The highest BCUT2D eigenvalue weighted by atomic mass is 19.1. The summed E-state index contributed by atoms with van der Waals surface area (Å²) in [5.74, 6) is -0.423. The van der Waals surface area contributed by atoms with Gasteiger partial charge in [-0.05, 0) is 45.6 Å². The maximum atomic E-state index is 12.8. The van der Waals surface area contributed by atoms with Gasteiger partial charge in [-0.1, -0.05) is 0 Å². The highest BCUT2D eigenvalue weighted by molar-refractivity contribution is 5.94. The van der Waals surface area contributed by atoms with E-state index in [0.717, 1.165) is 25.8 Å².